The number of fused-ring (bicyclic) bond motifs is 2. The summed E-state index contributed by atoms with van der Waals surface area (Å²) >= 11 is 0. The molecule has 32 heavy (non-hydrogen) atoms. The van der Waals surface area contributed by atoms with Gasteiger partial charge < -0.3 is 14.8 Å². The summed E-state index contributed by atoms with van der Waals surface area (Å²) in [5.41, 5.74) is -0.807. The Hall–Kier alpha value is -3.02. The van der Waals surface area contributed by atoms with Crippen LogP contribution in [0.25, 0.3) is 10.9 Å². The predicted molar refractivity (Wildman–Crippen MR) is 114 cm³/mol. The first kappa shape index (κ1) is 22.2. The van der Waals surface area contributed by atoms with E-state index in [1.807, 2.05) is 30.3 Å². The van der Waals surface area contributed by atoms with Crippen molar-refractivity contribution in [3.63, 3.8) is 0 Å². The summed E-state index contributed by atoms with van der Waals surface area (Å²) in [4.78, 5) is 3.08. The Bertz CT molecular complexity index is 1150. The number of aliphatic hydroxyl groups is 1. The number of aromatic amines is 1. The van der Waals surface area contributed by atoms with Crippen molar-refractivity contribution < 1.29 is 23.0 Å². The van der Waals surface area contributed by atoms with Crippen LogP contribution in [0.15, 0.2) is 42.5 Å². The van der Waals surface area contributed by atoms with E-state index in [-0.39, 0.29) is 17.7 Å². The molecule has 1 aliphatic rings. The minimum atomic E-state index is -4.98. The topological polar surface area (TPSA) is 81.1 Å². The molecule has 5 nitrogen and oxygen atoms in total. The molecule has 2 unspecified atom stereocenters. The third-order valence-electron chi connectivity index (χ3n) is 5.96. The second kappa shape index (κ2) is 8.15. The van der Waals surface area contributed by atoms with Crippen molar-refractivity contribution in [3.8, 4) is 11.8 Å². The van der Waals surface area contributed by atoms with E-state index in [9.17, 15) is 23.5 Å². The first-order valence-corrected chi connectivity index (χ1v) is 10.4. The van der Waals surface area contributed by atoms with Crippen LogP contribution in [0.3, 0.4) is 0 Å². The van der Waals surface area contributed by atoms with Gasteiger partial charge >= 0.3 is 6.18 Å². The molecule has 2 heterocycles. The van der Waals surface area contributed by atoms with Crippen molar-refractivity contribution in [2.45, 2.75) is 44.6 Å². The van der Waals surface area contributed by atoms with E-state index >= 15 is 0 Å². The molecule has 3 aromatic rings. The first-order valence-electron chi connectivity index (χ1n) is 10.4. The lowest BCUT2D eigenvalue weighted by Gasteiger charge is -2.41. The number of hydrogen-bond acceptors (Lipinski definition) is 4. The minimum Gasteiger partial charge on any atom is -0.493 e. The summed E-state index contributed by atoms with van der Waals surface area (Å²) in [5.74, 6) is -1.68. The number of ether oxygens (including phenoxy) is 1. The van der Waals surface area contributed by atoms with E-state index in [0.29, 0.717) is 30.0 Å². The normalized spacial score (nSPS) is 16.4. The Morgan fingerprint density at radius 3 is 2.62 bits per heavy atom. The lowest BCUT2D eigenvalue weighted by molar-refractivity contribution is -0.286. The van der Waals surface area contributed by atoms with Gasteiger partial charge in [-0.25, -0.2) is 0 Å². The average Bonchev–Trinajstić information content (AvgIpc) is 3.37. The summed E-state index contributed by atoms with van der Waals surface area (Å²) in [6, 6.07) is 14.2. The van der Waals surface area contributed by atoms with E-state index < -0.39 is 23.7 Å². The van der Waals surface area contributed by atoms with Crippen molar-refractivity contribution in [1.82, 2.24) is 10.3 Å². The highest BCUT2D eigenvalue weighted by Crippen LogP contribution is 2.48. The Labute approximate surface area is 183 Å². The average molecular weight is 443 g/mol. The number of benzene rings is 2. The zero-order valence-corrected chi connectivity index (χ0v) is 17.8. The van der Waals surface area contributed by atoms with Gasteiger partial charge in [-0.3, -0.25) is 5.32 Å². The number of halogens is 3. The van der Waals surface area contributed by atoms with Crippen LogP contribution in [-0.2, 0) is 13.0 Å². The number of hydrogen-bond donors (Lipinski definition) is 3. The molecule has 3 N–H and O–H groups in total. The summed E-state index contributed by atoms with van der Waals surface area (Å²) in [7, 11) is 0. The van der Waals surface area contributed by atoms with Gasteiger partial charge in [0.15, 0.2) is 0 Å². The van der Waals surface area contributed by atoms with Crippen LogP contribution in [0.4, 0.5) is 13.2 Å². The number of para-hydroxylation sites is 1. The molecule has 4 rings (SSSR count). The standard InChI is InChI=1S/C24H24F3N3O2/c1-14(2)21(19-10-15(12-28)9-17-7-8-32-22(17)19)23(31,24(25,26)27)29-13-18-11-16-5-3-4-6-20(16)30-18/h3-6,9-11,14,21,29-31H,7-8,13H2,1-2H3. The van der Waals surface area contributed by atoms with Gasteiger partial charge in [-0.05, 0) is 41.1 Å². The van der Waals surface area contributed by atoms with E-state index in [1.165, 1.54) is 6.07 Å². The number of nitriles is 1. The SMILES string of the molecule is CC(C)C(c1cc(C#N)cc2c1OCC2)C(O)(NCc1cc2ccccc2[nH]1)C(F)(F)F. The predicted octanol–water partition coefficient (Wildman–Crippen LogP) is 4.75. The number of alkyl halides is 3. The van der Waals surface area contributed by atoms with Crippen molar-refractivity contribution in [1.29, 1.82) is 5.26 Å². The van der Waals surface area contributed by atoms with Crippen LogP contribution < -0.4 is 10.1 Å². The molecule has 0 aliphatic carbocycles. The highest BCUT2D eigenvalue weighted by atomic mass is 19.4. The van der Waals surface area contributed by atoms with Gasteiger partial charge in [0, 0.05) is 35.7 Å². The van der Waals surface area contributed by atoms with Crippen molar-refractivity contribution in [2.24, 2.45) is 5.92 Å². The monoisotopic (exact) mass is 443 g/mol. The second-order valence-electron chi connectivity index (χ2n) is 8.49. The molecule has 2 aromatic carbocycles. The largest absolute Gasteiger partial charge is 0.493 e. The summed E-state index contributed by atoms with van der Waals surface area (Å²) in [5, 5.41) is 23.8. The van der Waals surface area contributed by atoms with Gasteiger partial charge in [-0.15, -0.1) is 0 Å². The van der Waals surface area contributed by atoms with E-state index in [1.54, 1.807) is 26.0 Å². The third-order valence-corrected chi connectivity index (χ3v) is 5.96. The summed E-state index contributed by atoms with van der Waals surface area (Å²) in [6.45, 7) is 3.34. The molecule has 168 valence electrons. The maximum absolute atomic E-state index is 14.4. The van der Waals surface area contributed by atoms with Crippen LogP contribution in [0.1, 0.15) is 42.1 Å². The minimum absolute atomic E-state index is 0.190. The van der Waals surface area contributed by atoms with Gasteiger partial charge in [0.25, 0.3) is 0 Å². The summed E-state index contributed by atoms with van der Waals surface area (Å²) < 4.78 is 48.9. The molecule has 2 atom stereocenters. The maximum atomic E-state index is 14.4. The van der Waals surface area contributed by atoms with Crippen LogP contribution in [0, 0.1) is 17.2 Å². The maximum Gasteiger partial charge on any atom is 0.431 e. The molecule has 0 fully saturated rings. The zero-order chi connectivity index (χ0) is 23.1. The number of aromatic nitrogens is 1. The highest BCUT2D eigenvalue weighted by molar-refractivity contribution is 5.80. The van der Waals surface area contributed by atoms with Gasteiger partial charge in [0.05, 0.1) is 18.2 Å². The fraction of sp³-hybridized carbons (Fsp3) is 0.375. The summed E-state index contributed by atoms with van der Waals surface area (Å²) in [6.07, 6.45) is -4.47. The molecule has 8 heteroatoms. The van der Waals surface area contributed by atoms with Crippen LogP contribution in [0.2, 0.25) is 0 Å². The van der Waals surface area contributed by atoms with Gasteiger partial charge in [-0.2, -0.15) is 18.4 Å². The second-order valence-corrected chi connectivity index (χ2v) is 8.49. The van der Waals surface area contributed by atoms with Crippen LogP contribution in [-0.4, -0.2) is 28.6 Å². The van der Waals surface area contributed by atoms with Crippen molar-refractivity contribution in [3.05, 3.63) is 64.8 Å². The van der Waals surface area contributed by atoms with Gasteiger partial charge in [-0.1, -0.05) is 32.0 Å². The number of nitrogens with one attached hydrogen (secondary N) is 2. The number of H-pyrrole nitrogens is 1. The Kier molecular flexibility index (Phi) is 5.65. The van der Waals surface area contributed by atoms with Crippen molar-refractivity contribution in [2.75, 3.05) is 6.61 Å². The molecule has 1 aromatic heterocycles. The lowest BCUT2D eigenvalue weighted by Crippen LogP contribution is -2.61. The number of nitrogens with zero attached hydrogens (tertiary/aromatic N) is 1. The first-order chi connectivity index (χ1) is 15.1. The Balaban J connectivity index is 1.76. The molecule has 0 saturated carbocycles. The van der Waals surface area contributed by atoms with Gasteiger partial charge in [0.1, 0.15) is 5.75 Å². The fourth-order valence-corrected chi connectivity index (χ4v) is 4.55. The van der Waals surface area contributed by atoms with Crippen LogP contribution >= 0.6 is 0 Å². The molecular weight excluding hydrogens is 419 g/mol. The van der Waals surface area contributed by atoms with E-state index in [4.69, 9.17) is 4.74 Å². The zero-order valence-electron chi connectivity index (χ0n) is 17.8. The smallest absolute Gasteiger partial charge is 0.431 e. The molecule has 0 radical (unpaired) electrons. The number of rotatable bonds is 6. The Morgan fingerprint density at radius 2 is 1.97 bits per heavy atom. The molecule has 1 aliphatic heterocycles. The van der Waals surface area contributed by atoms with Crippen LogP contribution in [0.5, 0.6) is 5.75 Å². The molecule has 0 saturated heterocycles. The third kappa shape index (κ3) is 3.83. The molecular formula is C24H24F3N3O2. The van der Waals surface area contributed by atoms with E-state index in [2.05, 4.69) is 10.3 Å². The molecule has 0 bridgehead atoms. The van der Waals surface area contributed by atoms with E-state index in [0.717, 1.165) is 10.9 Å². The fourth-order valence-electron chi connectivity index (χ4n) is 4.55. The lowest BCUT2D eigenvalue weighted by atomic mass is 9.77. The molecule has 0 amide bonds. The highest BCUT2D eigenvalue weighted by Gasteiger charge is 2.60. The Morgan fingerprint density at radius 1 is 1.22 bits per heavy atom. The van der Waals surface area contributed by atoms with Crippen molar-refractivity contribution >= 4 is 10.9 Å². The van der Waals surface area contributed by atoms with Gasteiger partial charge in [0.2, 0.25) is 5.72 Å². The quantitative estimate of drug-likeness (QED) is 0.480. The molecule has 0 spiro atoms.